The van der Waals surface area contributed by atoms with Crippen LogP contribution in [-0.4, -0.2) is 33.7 Å². The highest BCUT2D eigenvalue weighted by molar-refractivity contribution is 5.95. The van der Waals surface area contributed by atoms with E-state index in [9.17, 15) is 19.8 Å². The van der Waals surface area contributed by atoms with Crippen molar-refractivity contribution in [1.29, 1.82) is 0 Å². The monoisotopic (exact) mass is 267 g/mol. The Morgan fingerprint density at radius 3 is 2.32 bits per heavy atom. The minimum atomic E-state index is -0.857. The second-order valence-electron chi connectivity index (χ2n) is 4.38. The number of hydrogen-bond donors (Lipinski definition) is 4. The van der Waals surface area contributed by atoms with Gasteiger partial charge in [0.05, 0.1) is 5.92 Å². The molecule has 0 fully saturated rings. The van der Waals surface area contributed by atoms with Crippen LogP contribution in [0.4, 0.5) is 0 Å². The van der Waals surface area contributed by atoms with Gasteiger partial charge in [-0.3, -0.25) is 9.59 Å². The summed E-state index contributed by atoms with van der Waals surface area (Å²) in [5.74, 6) is -2.10. The fourth-order valence-corrected chi connectivity index (χ4v) is 1.56. The van der Waals surface area contributed by atoms with Crippen LogP contribution in [0.25, 0.3) is 0 Å². The number of nitrogens with one attached hydrogen (secondary N) is 1. The van der Waals surface area contributed by atoms with Crippen molar-refractivity contribution in [2.24, 2.45) is 5.92 Å². The predicted molar refractivity (Wildman–Crippen MR) is 68.1 cm³/mol. The van der Waals surface area contributed by atoms with Crippen LogP contribution < -0.4 is 5.32 Å². The van der Waals surface area contributed by atoms with Crippen molar-refractivity contribution in [2.75, 3.05) is 6.54 Å². The fraction of sp³-hybridized carbons (Fsp3) is 0.385. The zero-order chi connectivity index (χ0) is 14.4. The van der Waals surface area contributed by atoms with Crippen LogP contribution in [0.1, 0.15) is 30.1 Å². The molecule has 0 aliphatic carbocycles. The minimum absolute atomic E-state index is 0.156. The molecular weight excluding hydrogens is 250 g/mol. The Morgan fingerprint density at radius 2 is 1.79 bits per heavy atom. The summed E-state index contributed by atoms with van der Waals surface area (Å²) in [5, 5.41) is 29.8. The summed E-state index contributed by atoms with van der Waals surface area (Å²) < 4.78 is 0. The number of hydrogen-bond acceptors (Lipinski definition) is 4. The molecule has 0 aliphatic rings. The van der Waals surface area contributed by atoms with Gasteiger partial charge >= 0.3 is 5.97 Å². The van der Waals surface area contributed by atoms with Crippen LogP contribution in [0.5, 0.6) is 11.5 Å². The molecule has 1 aromatic rings. The first kappa shape index (κ1) is 14.8. The lowest BCUT2D eigenvalue weighted by molar-refractivity contribution is -0.141. The van der Waals surface area contributed by atoms with Gasteiger partial charge in [0.25, 0.3) is 5.91 Å². The number of carboxylic acids is 1. The summed E-state index contributed by atoms with van der Waals surface area (Å²) in [4.78, 5) is 22.3. The number of carbonyl (C=O) groups excluding carboxylic acids is 1. The normalized spacial score (nSPS) is 11.8. The van der Waals surface area contributed by atoms with Crippen LogP contribution in [0.2, 0.25) is 0 Å². The zero-order valence-electron chi connectivity index (χ0n) is 10.6. The van der Waals surface area contributed by atoms with E-state index in [1.54, 1.807) is 6.92 Å². The van der Waals surface area contributed by atoms with Crippen LogP contribution in [0.15, 0.2) is 18.2 Å². The molecule has 6 nitrogen and oxygen atoms in total. The molecule has 0 aromatic heterocycles. The van der Waals surface area contributed by atoms with E-state index in [2.05, 4.69) is 5.32 Å². The van der Waals surface area contributed by atoms with E-state index in [-0.39, 0.29) is 17.1 Å². The number of benzene rings is 1. The molecule has 1 unspecified atom stereocenters. The van der Waals surface area contributed by atoms with Gasteiger partial charge in [-0.1, -0.05) is 6.92 Å². The maximum Gasteiger partial charge on any atom is 0.306 e. The summed E-state index contributed by atoms with van der Waals surface area (Å²) in [6.07, 6.45) is 1.02. The molecule has 1 rings (SSSR count). The molecule has 0 heterocycles. The van der Waals surface area contributed by atoms with Crippen LogP contribution in [0.3, 0.4) is 0 Å². The third-order valence-electron chi connectivity index (χ3n) is 2.69. The molecule has 0 bridgehead atoms. The molecule has 1 aromatic carbocycles. The molecule has 1 amide bonds. The van der Waals surface area contributed by atoms with Gasteiger partial charge in [-0.2, -0.15) is 0 Å². The highest BCUT2D eigenvalue weighted by Gasteiger charge is 2.11. The molecule has 0 spiro atoms. The summed E-state index contributed by atoms with van der Waals surface area (Å²) in [6.45, 7) is 1.95. The van der Waals surface area contributed by atoms with Gasteiger partial charge in [-0.15, -0.1) is 0 Å². The first-order valence-electron chi connectivity index (χ1n) is 5.94. The van der Waals surface area contributed by atoms with Crippen molar-refractivity contribution in [3.05, 3.63) is 23.8 Å². The van der Waals surface area contributed by atoms with E-state index in [1.165, 1.54) is 12.1 Å². The quantitative estimate of drug-likeness (QED) is 0.582. The molecule has 1 atom stereocenters. The van der Waals surface area contributed by atoms with Crippen molar-refractivity contribution in [1.82, 2.24) is 5.32 Å². The van der Waals surface area contributed by atoms with Gasteiger partial charge in [-0.25, -0.2) is 0 Å². The largest absolute Gasteiger partial charge is 0.508 e. The van der Waals surface area contributed by atoms with Gasteiger partial charge in [-0.05, 0) is 25.0 Å². The molecule has 0 saturated carbocycles. The lowest BCUT2D eigenvalue weighted by Gasteiger charge is -2.08. The maximum absolute atomic E-state index is 11.7. The molecule has 4 N–H and O–H groups in total. The van der Waals surface area contributed by atoms with E-state index in [4.69, 9.17) is 5.11 Å². The summed E-state index contributed by atoms with van der Waals surface area (Å²) in [7, 11) is 0. The second kappa shape index (κ2) is 6.63. The third kappa shape index (κ3) is 4.87. The SMILES string of the molecule is CC(CCCNC(=O)c1cc(O)cc(O)c1)C(=O)O. The molecule has 0 aliphatic heterocycles. The highest BCUT2D eigenvalue weighted by atomic mass is 16.4. The molecule has 104 valence electrons. The van der Waals surface area contributed by atoms with Gasteiger partial charge in [0.1, 0.15) is 11.5 Å². The summed E-state index contributed by atoms with van der Waals surface area (Å²) >= 11 is 0. The number of carbonyl (C=O) groups is 2. The van der Waals surface area contributed by atoms with E-state index >= 15 is 0 Å². The van der Waals surface area contributed by atoms with Crippen LogP contribution in [0, 0.1) is 5.92 Å². The van der Waals surface area contributed by atoms with Crippen molar-refractivity contribution in [2.45, 2.75) is 19.8 Å². The molecule has 0 radical (unpaired) electrons. The number of phenols is 2. The smallest absolute Gasteiger partial charge is 0.306 e. The van der Waals surface area contributed by atoms with Crippen molar-refractivity contribution >= 4 is 11.9 Å². The Balaban J connectivity index is 2.41. The second-order valence-corrected chi connectivity index (χ2v) is 4.38. The van der Waals surface area contributed by atoms with Gasteiger partial charge in [0.2, 0.25) is 0 Å². The van der Waals surface area contributed by atoms with E-state index in [0.29, 0.717) is 19.4 Å². The summed E-state index contributed by atoms with van der Waals surface area (Å²) in [6, 6.07) is 3.62. The fourth-order valence-electron chi connectivity index (χ4n) is 1.56. The number of aromatic hydroxyl groups is 2. The van der Waals surface area contributed by atoms with Gasteiger partial charge in [0, 0.05) is 18.2 Å². The maximum atomic E-state index is 11.7. The molecule has 19 heavy (non-hydrogen) atoms. The number of rotatable bonds is 6. The van der Waals surface area contributed by atoms with Crippen LogP contribution in [-0.2, 0) is 4.79 Å². The average molecular weight is 267 g/mol. The predicted octanol–water partition coefficient (Wildman–Crippen LogP) is 1.33. The first-order valence-corrected chi connectivity index (χ1v) is 5.94. The lowest BCUT2D eigenvalue weighted by atomic mass is 10.1. The Labute approximate surface area is 110 Å². The number of phenolic OH excluding ortho intramolecular Hbond substituents is 2. The number of amides is 1. The Hall–Kier alpha value is -2.24. The molecule has 6 heteroatoms. The minimum Gasteiger partial charge on any atom is -0.508 e. The van der Waals surface area contributed by atoms with Gasteiger partial charge in [0.15, 0.2) is 0 Å². The van der Waals surface area contributed by atoms with Crippen molar-refractivity contribution in [3.8, 4) is 11.5 Å². The zero-order valence-corrected chi connectivity index (χ0v) is 10.6. The average Bonchev–Trinajstić information content (AvgIpc) is 2.32. The lowest BCUT2D eigenvalue weighted by Crippen LogP contribution is -2.25. The summed E-state index contributed by atoms with van der Waals surface area (Å²) in [5.41, 5.74) is 0.156. The number of aliphatic carboxylic acids is 1. The topological polar surface area (TPSA) is 107 Å². The van der Waals surface area contributed by atoms with E-state index < -0.39 is 17.8 Å². The van der Waals surface area contributed by atoms with Crippen molar-refractivity contribution in [3.63, 3.8) is 0 Å². The first-order chi connectivity index (χ1) is 8.90. The van der Waals surface area contributed by atoms with Gasteiger partial charge < -0.3 is 20.6 Å². The Morgan fingerprint density at radius 1 is 1.21 bits per heavy atom. The van der Waals surface area contributed by atoms with E-state index in [0.717, 1.165) is 6.07 Å². The molecular formula is C13H17NO5. The molecule has 0 saturated heterocycles. The Bertz CT molecular complexity index is 452. The number of carboxylic acid groups (broad SMARTS) is 1. The van der Waals surface area contributed by atoms with Crippen LogP contribution >= 0.6 is 0 Å². The third-order valence-corrected chi connectivity index (χ3v) is 2.69. The standard InChI is InChI=1S/C13H17NO5/c1-8(13(18)19)3-2-4-14-12(17)9-5-10(15)7-11(16)6-9/h5-8,15-16H,2-4H2,1H3,(H,14,17)(H,18,19). The van der Waals surface area contributed by atoms with Crippen molar-refractivity contribution < 1.29 is 24.9 Å². The highest BCUT2D eigenvalue weighted by Crippen LogP contribution is 2.20. The van der Waals surface area contributed by atoms with E-state index in [1.807, 2.05) is 0 Å². The Kier molecular flexibility index (Phi) is 5.17.